The van der Waals surface area contributed by atoms with Crippen LogP contribution in [0.25, 0.3) is 0 Å². The predicted molar refractivity (Wildman–Crippen MR) is 103 cm³/mol. The van der Waals surface area contributed by atoms with Crippen molar-refractivity contribution in [2.75, 3.05) is 0 Å². The van der Waals surface area contributed by atoms with Gasteiger partial charge in [0.25, 0.3) is 0 Å². The van der Waals surface area contributed by atoms with Gasteiger partial charge < -0.3 is 4.74 Å². The van der Waals surface area contributed by atoms with Gasteiger partial charge in [-0.3, -0.25) is 9.59 Å². The number of ether oxygens (including phenoxy) is 1. The summed E-state index contributed by atoms with van der Waals surface area (Å²) in [6, 6.07) is 0. The molecule has 0 aromatic rings. The summed E-state index contributed by atoms with van der Waals surface area (Å²) in [4.78, 5) is 22.8. The molecule has 25 heavy (non-hydrogen) atoms. The molecule has 0 spiro atoms. The van der Waals surface area contributed by atoms with Gasteiger partial charge in [0.05, 0.1) is 11.8 Å². The molecule has 0 aromatic heterocycles. The first kappa shape index (κ1) is 22.2. The molecule has 3 nitrogen and oxygen atoms in total. The topological polar surface area (TPSA) is 43.4 Å². The summed E-state index contributed by atoms with van der Waals surface area (Å²) in [5, 5.41) is 0. The Hall–Kier alpha value is -0.860. The molecular weight excluding hydrogens is 312 g/mol. The highest BCUT2D eigenvalue weighted by Gasteiger charge is 2.44. The zero-order chi connectivity index (χ0) is 18.4. The largest absolute Gasteiger partial charge is 0.393 e. The second-order valence-corrected chi connectivity index (χ2v) is 8.20. The smallest absolute Gasteiger partial charge is 0.320 e. The molecule has 0 amide bonds. The maximum atomic E-state index is 11.6. The van der Waals surface area contributed by atoms with Crippen LogP contribution in [0.5, 0.6) is 0 Å². The Labute approximate surface area is 155 Å². The minimum Gasteiger partial charge on any atom is -0.393 e. The number of carbonyl (C=O) groups excluding carboxylic acids is 2. The van der Waals surface area contributed by atoms with E-state index in [1.54, 1.807) is 0 Å². The van der Waals surface area contributed by atoms with E-state index >= 15 is 0 Å². The van der Waals surface area contributed by atoms with E-state index in [0.29, 0.717) is 0 Å². The number of hydrogen-bond donors (Lipinski definition) is 0. The lowest BCUT2D eigenvalue weighted by molar-refractivity contribution is -0.155. The standard InChI is InChI=1S/C22H40O3/c1-3-4-5-6-7-8-9-10-11-12-13-14-15-16-17-18-22(2)19-20(23)25-21(22)24/h3-19H2,1-2H3. The Balaban J connectivity index is 1.80. The number of hydrogen-bond acceptors (Lipinski definition) is 3. The molecule has 3 heteroatoms. The number of esters is 2. The summed E-state index contributed by atoms with van der Waals surface area (Å²) in [5.41, 5.74) is -0.548. The first-order valence-electron chi connectivity index (χ1n) is 10.8. The maximum Gasteiger partial charge on any atom is 0.320 e. The van der Waals surface area contributed by atoms with Crippen LogP contribution in [-0.4, -0.2) is 11.9 Å². The van der Waals surface area contributed by atoms with Gasteiger partial charge in [-0.2, -0.15) is 0 Å². The molecule has 0 aromatic carbocycles. The second kappa shape index (κ2) is 13.4. The molecule has 0 N–H and O–H groups in total. The molecule has 0 radical (unpaired) electrons. The summed E-state index contributed by atoms with van der Waals surface area (Å²) < 4.78 is 4.67. The fourth-order valence-electron chi connectivity index (χ4n) is 3.73. The first-order chi connectivity index (χ1) is 12.1. The zero-order valence-corrected chi connectivity index (χ0v) is 16.7. The lowest BCUT2D eigenvalue weighted by Gasteiger charge is -2.16. The molecule has 1 heterocycles. The van der Waals surface area contributed by atoms with Crippen molar-refractivity contribution in [3.63, 3.8) is 0 Å². The Morgan fingerprint density at radius 3 is 1.48 bits per heavy atom. The SMILES string of the molecule is CCCCCCCCCCCCCCCCCC1(C)CC(=O)OC1=O. The average Bonchev–Trinajstić information content (AvgIpc) is 2.83. The van der Waals surface area contributed by atoms with E-state index in [4.69, 9.17) is 0 Å². The summed E-state index contributed by atoms with van der Waals surface area (Å²) in [5.74, 6) is -0.670. The van der Waals surface area contributed by atoms with Crippen molar-refractivity contribution in [2.45, 2.75) is 123 Å². The van der Waals surface area contributed by atoms with E-state index < -0.39 is 5.41 Å². The Morgan fingerprint density at radius 1 is 0.720 bits per heavy atom. The van der Waals surface area contributed by atoms with Gasteiger partial charge in [-0.05, 0) is 13.3 Å². The third-order valence-corrected chi connectivity index (χ3v) is 5.57. The average molecular weight is 353 g/mol. The Morgan fingerprint density at radius 2 is 1.12 bits per heavy atom. The van der Waals surface area contributed by atoms with Crippen molar-refractivity contribution < 1.29 is 14.3 Å². The van der Waals surface area contributed by atoms with Crippen molar-refractivity contribution in [3.8, 4) is 0 Å². The van der Waals surface area contributed by atoms with Gasteiger partial charge >= 0.3 is 11.9 Å². The third-order valence-electron chi connectivity index (χ3n) is 5.57. The van der Waals surface area contributed by atoms with Gasteiger partial charge in [0.1, 0.15) is 0 Å². The van der Waals surface area contributed by atoms with Crippen molar-refractivity contribution in [3.05, 3.63) is 0 Å². The van der Waals surface area contributed by atoms with Crippen molar-refractivity contribution >= 4 is 11.9 Å². The third kappa shape index (κ3) is 10.0. The van der Waals surface area contributed by atoms with Crippen LogP contribution in [0.2, 0.25) is 0 Å². The van der Waals surface area contributed by atoms with Crippen molar-refractivity contribution in [1.82, 2.24) is 0 Å². The van der Waals surface area contributed by atoms with Crippen LogP contribution in [0.1, 0.15) is 123 Å². The van der Waals surface area contributed by atoms with Gasteiger partial charge in [-0.15, -0.1) is 0 Å². The van der Waals surface area contributed by atoms with Crippen LogP contribution in [-0.2, 0) is 14.3 Å². The van der Waals surface area contributed by atoms with Gasteiger partial charge in [0.2, 0.25) is 0 Å². The summed E-state index contributed by atoms with van der Waals surface area (Å²) >= 11 is 0. The predicted octanol–water partition coefficient (Wildman–Crippen LogP) is 6.73. The molecular formula is C22H40O3. The molecule has 1 aliphatic heterocycles. The fraction of sp³-hybridized carbons (Fsp3) is 0.909. The van der Waals surface area contributed by atoms with Crippen LogP contribution in [0.15, 0.2) is 0 Å². The highest BCUT2D eigenvalue weighted by molar-refractivity contribution is 5.97. The molecule has 146 valence electrons. The first-order valence-corrected chi connectivity index (χ1v) is 10.8. The van der Waals surface area contributed by atoms with Crippen LogP contribution >= 0.6 is 0 Å². The second-order valence-electron chi connectivity index (χ2n) is 8.20. The highest BCUT2D eigenvalue weighted by Crippen LogP contribution is 2.35. The van der Waals surface area contributed by atoms with E-state index in [2.05, 4.69) is 11.7 Å². The van der Waals surface area contributed by atoms with Crippen molar-refractivity contribution in [1.29, 1.82) is 0 Å². The summed E-state index contributed by atoms with van der Waals surface area (Å²) in [6.07, 6.45) is 21.2. The van der Waals surface area contributed by atoms with E-state index in [-0.39, 0.29) is 18.4 Å². The molecule has 1 rings (SSSR count). The maximum absolute atomic E-state index is 11.6. The minimum absolute atomic E-state index is 0.268. The molecule has 0 bridgehead atoms. The van der Waals surface area contributed by atoms with Gasteiger partial charge in [0, 0.05) is 0 Å². The molecule has 1 fully saturated rings. The monoisotopic (exact) mass is 352 g/mol. The van der Waals surface area contributed by atoms with Crippen LogP contribution in [0, 0.1) is 5.41 Å². The quantitative estimate of drug-likeness (QED) is 0.176. The molecule has 1 aliphatic rings. The molecule has 1 unspecified atom stereocenters. The number of rotatable bonds is 16. The lowest BCUT2D eigenvalue weighted by Crippen LogP contribution is -2.22. The van der Waals surface area contributed by atoms with E-state index in [1.165, 1.54) is 83.5 Å². The van der Waals surface area contributed by atoms with Crippen LogP contribution in [0.4, 0.5) is 0 Å². The Bertz CT molecular complexity index is 377. The van der Waals surface area contributed by atoms with Gasteiger partial charge in [-0.25, -0.2) is 0 Å². The molecule has 1 saturated heterocycles. The summed E-state index contributed by atoms with van der Waals surface area (Å²) in [6.45, 7) is 4.14. The molecule has 0 saturated carbocycles. The van der Waals surface area contributed by atoms with Crippen molar-refractivity contribution in [2.24, 2.45) is 5.41 Å². The zero-order valence-electron chi connectivity index (χ0n) is 16.7. The number of carbonyl (C=O) groups is 2. The van der Waals surface area contributed by atoms with Crippen LogP contribution < -0.4 is 0 Å². The van der Waals surface area contributed by atoms with E-state index in [1.807, 2.05) is 6.92 Å². The highest BCUT2D eigenvalue weighted by atomic mass is 16.6. The minimum atomic E-state index is -0.548. The Kier molecular flexibility index (Phi) is 11.9. The van der Waals surface area contributed by atoms with Gasteiger partial charge in [0.15, 0.2) is 0 Å². The van der Waals surface area contributed by atoms with Crippen LogP contribution in [0.3, 0.4) is 0 Å². The molecule has 0 aliphatic carbocycles. The van der Waals surface area contributed by atoms with E-state index in [9.17, 15) is 9.59 Å². The number of unbranched alkanes of at least 4 members (excludes halogenated alkanes) is 14. The van der Waals surface area contributed by atoms with Gasteiger partial charge in [-0.1, -0.05) is 103 Å². The lowest BCUT2D eigenvalue weighted by atomic mass is 9.83. The molecule has 1 atom stereocenters. The van der Waals surface area contributed by atoms with E-state index in [0.717, 1.165) is 19.3 Å². The normalized spacial score (nSPS) is 20.2. The fourth-order valence-corrected chi connectivity index (χ4v) is 3.73. The summed E-state index contributed by atoms with van der Waals surface area (Å²) in [7, 11) is 0. The number of cyclic esters (lactones) is 2.